The van der Waals surface area contributed by atoms with Crippen LogP contribution in [0.3, 0.4) is 0 Å². The van der Waals surface area contributed by atoms with E-state index in [0.29, 0.717) is 0 Å². The minimum Gasteiger partial charge on any atom is -0.387 e. The zero-order chi connectivity index (χ0) is 21.0. The van der Waals surface area contributed by atoms with E-state index in [0.717, 1.165) is 0 Å². The van der Waals surface area contributed by atoms with Gasteiger partial charge in [-0.3, -0.25) is 5.32 Å². The molecular weight excluding hydrogens is 386 g/mol. The molecule has 0 spiro atoms. The van der Waals surface area contributed by atoms with Crippen LogP contribution in [0, 0.1) is 11.3 Å². The third-order valence-corrected chi connectivity index (χ3v) is 5.52. The molecule has 160 valence electrons. The SMILES string of the molecule is CC1(C)O[C@H]2O[C@H](CN[C@]3(C#N)[C@@H](CN=[N+]=[N-])O[C@@H]4OC(C)(C)O[C@@H]43)[C@H](O)[C@H]2O1. The summed E-state index contributed by atoms with van der Waals surface area (Å²) in [5, 5.41) is 27.3. The molecule has 0 unspecified atom stereocenters. The van der Waals surface area contributed by atoms with Crippen molar-refractivity contribution in [3.05, 3.63) is 10.4 Å². The van der Waals surface area contributed by atoms with Gasteiger partial charge >= 0.3 is 0 Å². The molecule has 8 atom stereocenters. The molecule has 0 aromatic rings. The maximum atomic E-state index is 10.6. The van der Waals surface area contributed by atoms with Gasteiger partial charge in [-0.1, -0.05) is 5.11 Å². The molecule has 0 radical (unpaired) electrons. The Morgan fingerprint density at radius 2 is 1.79 bits per heavy atom. The Bertz CT molecular complexity index is 751. The molecule has 12 nitrogen and oxygen atoms in total. The monoisotopic (exact) mass is 411 g/mol. The minimum absolute atomic E-state index is 0.0864. The van der Waals surface area contributed by atoms with Gasteiger partial charge in [0.1, 0.15) is 30.5 Å². The first-order chi connectivity index (χ1) is 13.6. The van der Waals surface area contributed by atoms with Crippen LogP contribution in [0.2, 0.25) is 0 Å². The summed E-state index contributed by atoms with van der Waals surface area (Å²) in [6.45, 7) is 6.94. The first kappa shape index (κ1) is 20.7. The standard InChI is InChI=1S/C17H25N5O7/c1-15(2)26-11-10(23)8(24-13(11)28-15)5-20-17(7-18)9(6-21-22-19)25-14-12(17)27-16(3,4)29-14/h8-14,20,23H,5-6H2,1-4H3/t8-,9-,10+,11-,12+,13-,14-,17-/m1/s1. The van der Waals surface area contributed by atoms with Crippen molar-refractivity contribution in [2.75, 3.05) is 13.1 Å². The molecule has 29 heavy (non-hydrogen) atoms. The van der Waals surface area contributed by atoms with E-state index in [-0.39, 0.29) is 13.1 Å². The molecule has 0 bridgehead atoms. The average molecular weight is 411 g/mol. The van der Waals surface area contributed by atoms with Crippen LogP contribution in [0.1, 0.15) is 27.7 Å². The first-order valence-electron chi connectivity index (χ1n) is 9.48. The highest BCUT2D eigenvalue weighted by Crippen LogP contribution is 2.43. The van der Waals surface area contributed by atoms with Crippen molar-refractivity contribution >= 4 is 0 Å². The number of fused-ring (bicyclic) bond motifs is 2. The van der Waals surface area contributed by atoms with Crippen molar-refractivity contribution in [1.82, 2.24) is 5.32 Å². The molecule has 12 heteroatoms. The predicted octanol–water partition coefficient (Wildman–Crippen LogP) is 0.262. The third-order valence-electron chi connectivity index (χ3n) is 5.52. The normalized spacial score (nSPS) is 46.7. The summed E-state index contributed by atoms with van der Waals surface area (Å²) in [5.41, 5.74) is 7.32. The lowest BCUT2D eigenvalue weighted by Gasteiger charge is -2.34. The maximum Gasteiger partial charge on any atom is 0.190 e. The third kappa shape index (κ3) is 3.48. The smallest absolute Gasteiger partial charge is 0.190 e. The predicted molar refractivity (Wildman–Crippen MR) is 93.8 cm³/mol. The Morgan fingerprint density at radius 3 is 2.45 bits per heavy atom. The molecule has 2 N–H and O–H groups in total. The van der Waals surface area contributed by atoms with Gasteiger partial charge in [-0.15, -0.1) is 0 Å². The Kier molecular flexibility index (Phi) is 5.02. The minimum atomic E-state index is -1.37. The maximum absolute atomic E-state index is 10.6. The summed E-state index contributed by atoms with van der Waals surface area (Å²) >= 11 is 0. The number of rotatable bonds is 5. The summed E-state index contributed by atoms with van der Waals surface area (Å²) in [6, 6.07) is 2.22. The van der Waals surface area contributed by atoms with E-state index in [1.165, 1.54) is 0 Å². The molecule has 4 fully saturated rings. The van der Waals surface area contributed by atoms with Crippen LogP contribution in [0.15, 0.2) is 5.11 Å². The van der Waals surface area contributed by atoms with Gasteiger partial charge in [0.15, 0.2) is 29.7 Å². The zero-order valence-electron chi connectivity index (χ0n) is 16.6. The molecule has 0 aromatic heterocycles. The fourth-order valence-corrected chi connectivity index (χ4v) is 4.27. The van der Waals surface area contributed by atoms with Crippen LogP contribution in [0.5, 0.6) is 0 Å². The topological polar surface area (TPSA) is 160 Å². The molecule has 4 aliphatic rings. The van der Waals surface area contributed by atoms with E-state index in [1.807, 2.05) is 0 Å². The van der Waals surface area contributed by atoms with E-state index < -0.39 is 60.2 Å². The van der Waals surface area contributed by atoms with E-state index in [1.54, 1.807) is 27.7 Å². The molecule has 4 aliphatic heterocycles. The number of nitrogens with zero attached hydrogens (tertiary/aromatic N) is 4. The Balaban J connectivity index is 1.50. The Morgan fingerprint density at radius 1 is 1.10 bits per heavy atom. The van der Waals surface area contributed by atoms with Crippen LogP contribution in [0.4, 0.5) is 0 Å². The van der Waals surface area contributed by atoms with Crippen molar-refractivity contribution in [2.45, 2.75) is 87.9 Å². The highest BCUT2D eigenvalue weighted by Gasteiger charge is 2.64. The van der Waals surface area contributed by atoms with Gasteiger partial charge in [0, 0.05) is 11.5 Å². The second kappa shape index (κ2) is 7.02. The first-order valence-corrected chi connectivity index (χ1v) is 9.48. The molecule has 0 saturated carbocycles. The molecule has 0 amide bonds. The molecule has 4 saturated heterocycles. The van der Waals surface area contributed by atoms with Crippen molar-refractivity contribution in [2.24, 2.45) is 5.11 Å². The Hall–Kier alpha value is -1.52. The molecular formula is C17H25N5O7. The number of azide groups is 1. The van der Waals surface area contributed by atoms with Crippen molar-refractivity contribution in [3.63, 3.8) is 0 Å². The number of aliphatic hydroxyl groups is 1. The molecule has 0 aliphatic carbocycles. The van der Waals surface area contributed by atoms with Gasteiger partial charge in [0.05, 0.1) is 12.6 Å². The fraction of sp³-hybridized carbons (Fsp3) is 0.941. The number of ether oxygens (including phenoxy) is 6. The van der Waals surface area contributed by atoms with Crippen molar-refractivity contribution < 1.29 is 33.5 Å². The summed E-state index contributed by atoms with van der Waals surface area (Å²) in [7, 11) is 0. The number of nitrogens with one attached hydrogen (secondary N) is 1. The van der Waals surface area contributed by atoms with Gasteiger partial charge in [0.25, 0.3) is 0 Å². The van der Waals surface area contributed by atoms with Crippen molar-refractivity contribution in [1.29, 1.82) is 5.26 Å². The van der Waals surface area contributed by atoms with Gasteiger partial charge in [-0.2, -0.15) is 5.26 Å². The fourth-order valence-electron chi connectivity index (χ4n) is 4.27. The highest BCUT2D eigenvalue weighted by molar-refractivity contribution is 5.23. The van der Waals surface area contributed by atoms with E-state index in [4.69, 9.17) is 34.0 Å². The van der Waals surface area contributed by atoms with Gasteiger partial charge in [-0.05, 0) is 33.2 Å². The summed E-state index contributed by atoms with van der Waals surface area (Å²) in [6.07, 6.45) is -5.30. The lowest BCUT2D eigenvalue weighted by Crippen LogP contribution is -2.61. The number of nitriles is 1. The van der Waals surface area contributed by atoms with Gasteiger partial charge in [0.2, 0.25) is 0 Å². The van der Waals surface area contributed by atoms with E-state index in [9.17, 15) is 10.4 Å². The van der Waals surface area contributed by atoms with Crippen LogP contribution in [-0.2, 0) is 28.4 Å². The average Bonchev–Trinajstić information content (AvgIpc) is 3.28. The van der Waals surface area contributed by atoms with Crippen LogP contribution in [-0.4, -0.2) is 78.4 Å². The summed E-state index contributed by atoms with van der Waals surface area (Å²) in [4.78, 5) is 2.75. The lowest BCUT2D eigenvalue weighted by atomic mass is 9.89. The number of aliphatic hydroxyl groups excluding tert-OH is 1. The van der Waals surface area contributed by atoms with Gasteiger partial charge < -0.3 is 33.5 Å². The van der Waals surface area contributed by atoms with Crippen LogP contribution < -0.4 is 5.32 Å². The largest absolute Gasteiger partial charge is 0.387 e. The quantitative estimate of drug-likeness (QED) is 0.367. The summed E-state index contributed by atoms with van der Waals surface area (Å²) < 4.78 is 34.6. The zero-order valence-corrected chi connectivity index (χ0v) is 16.6. The Labute approximate surface area is 167 Å². The molecule has 0 aromatic carbocycles. The molecule has 4 heterocycles. The number of hydrogen-bond acceptors (Lipinski definition) is 10. The second-order valence-corrected chi connectivity index (χ2v) is 8.46. The van der Waals surface area contributed by atoms with Crippen molar-refractivity contribution in [3.8, 4) is 6.07 Å². The highest BCUT2D eigenvalue weighted by atomic mass is 16.8. The lowest BCUT2D eigenvalue weighted by molar-refractivity contribution is -0.216. The van der Waals surface area contributed by atoms with E-state index >= 15 is 0 Å². The second-order valence-electron chi connectivity index (χ2n) is 8.46. The molecule has 4 rings (SSSR count). The van der Waals surface area contributed by atoms with Crippen LogP contribution >= 0.6 is 0 Å². The van der Waals surface area contributed by atoms with E-state index in [2.05, 4.69) is 21.4 Å². The number of hydrogen-bond donors (Lipinski definition) is 2. The van der Waals surface area contributed by atoms with Crippen LogP contribution in [0.25, 0.3) is 10.4 Å². The summed E-state index contributed by atoms with van der Waals surface area (Å²) in [5.74, 6) is -1.77. The van der Waals surface area contributed by atoms with Gasteiger partial charge in [-0.25, -0.2) is 0 Å².